The highest BCUT2D eigenvalue weighted by Gasteiger charge is 2.20. The van der Waals surface area contributed by atoms with E-state index in [1.807, 2.05) is 140 Å². The summed E-state index contributed by atoms with van der Waals surface area (Å²) in [5.41, 5.74) is 16.1. The highest BCUT2D eigenvalue weighted by atomic mass is 15.0. The van der Waals surface area contributed by atoms with Crippen LogP contribution in [0.4, 0.5) is 0 Å². The molecule has 0 saturated heterocycles. The molecular weight excluding hydrogens is 1230 g/mol. The average Bonchev–Trinajstić information content (AvgIpc) is 0.785. The predicted octanol–water partition coefficient (Wildman–Crippen LogP) is 16.0. The Bertz CT molecular complexity index is 6060. The van der Waals surface area contributed by atoms with Gasteiger partial charge in [-0.25, -0.2) is 27.8 Å². The van der Waals surface area contributed by atoms with E-state index in [2.05, 4.69) is 243 Å². The minimum absolute atomic E-state index is 0.976. The molecular formula is C86H71N14+5. The number of rotatable bonds is 0. The highest BCUT2D eigenvalue weighted by Crippen LogP contribution is 2.34. The van der Waals surface area contributed by atoms with Crippen LogP contribution in [0.5, 0.6) is 0 Å². The van der Waals surface area contributed by atoms with Crippen molar-refractivity contribution >= 4 is 163 Å². The normalized spacial score (nSPS) is 11.5. The van der Waals surface area contributed by atoms with Gasteiger partial charge >= 0.3 is 0 Å². The van der Waals surface area contributed by atoms with E-state index in [4.69, 9.17) is 4.98 Å². The van der Waals surface area contributed by atoms with Gasteiger partial charge in [0.1, 0.15) is 39.5 Å². The van der Waals surface area contributed by atoms with Crippen LogP contribution in [-0.2, 0) is 35.2 Å². The van der Waals surface area contributed by atoms with E-state index < -0.39 is 0 Å². The molecule has 14 nitrogen and oxygen atoms in total. The first kappa shape index (κ1) is 62.1. The van der Waals surface area contributed by atoms with Crippen LogP contribution in [0.1, 0.15) is 28.5 Å². The Balaban J connectivity index is 0.0000000972. The van der Waals surface area contributed by atoms with Gasteiger partial charge in [0.25, 0.3) is 31.6 Å². The number of fused-ring (bicyclic) bond motifs is 23. The zero-order chi connectivity index (χ0) is 68.4. The second kappa shape index (κ2) is 25.4. The van der Waals surface area contributed by atoms with Crippen molar-refractivity contribution in [3.8, 4) is 0 Å². The van der Waals surface area contributed by atoms with E-state index >= 15 is 0 Å². The van der Waals surface area contributed by atoms with Crippen molar-refractivity contribution in [3.63, 3.8) is 0 Å². The minimum atomic E-state index is 0.976. The smallest absolute Gasteiger partial charge is 0.255 e. The molecule has 11 aromatic carbocycles. The topological polar surface area (TPSA) is 135 Å². The molecule has 20 aromatic rings. The van der Waals surface area contributed by atoms with Gasteiger partial charge in [-0.1, -0.05) is 140 Å². The van der Waals surface area contributed by atoms with Crippen LogP contribution in [0, 0.1) is 34.6 Å². The van der Waals surface area contributed by atoms with Crippen LogP contribution < -0.4 is 22.8 Å². The van der Waals surface area contributed by atoms with Crippen LogP contribution >= 0.6 is 0 Å². The number of aromatic nitrogens is 14. The molecule has 0 saturated carbocycles. The van der Waals surface area contributed by atoms with Gasteiger partial charge in [0, 0.05) is 50.9 Å². The van der Waals surface area contributed by atoms with Crippen molar-refractivity contribution in [1.82, 2.24) is 44.9 Å². The van der Waals surface area contributed by atoms with Crippen molar-refractivity contribution in [2.45, 2.75) is 34.6 Å². The molecule has 0 aliphatic heterocycles. The van der Waals surface area contributed by atoms with Gasteiger partial charge in [0.2, 0.25) is 11.0 Å². The van der Waals surface area contributed by atoms with Crippen LogP contribution in [0.15, 0.2) is 250 Å². The number of aryl methyl sites for hydroxylation is 10. The summed E-state index contributed by atoms with van der Waals surface area (Å²) in [5, 5.41) is 23.8. The van der Waals surface area contributed by atoms with E-state index in [1.165, 1.54) is 87.7 Å². The quantitative estimate of drug-likeness (QED) is 0.0826. The average molecular weight is 1300 g/mol. The molecule has 0 fully saturated rings. The summed E-state index contributed by atoms with van der Waals surface area (Å²) in [6.07, 6.45) is 15.1. The number of para-hydroxylation sites is 2. The second-order valence-electron chi connectivity index (χ2n) is 25.9. The molecule has 0 aliphatic carbocycles. The van der Waals surface area contributed by atoms with Crippen LogP contribution in [-0.4, -0.2) is 44.9 Å². The molecule has 14 heteroatoms. The predicted molar refractivity (Wildman–Crippen MR) is 405 cm³/mol. The lowest BCUT2D eigenvalue weighted by molar-refractivity contribution is -0.679. The third-order valence-electron chi connectivity index (χ3n) is 20.1. The van der Waals surface area contributed by atoms with Crippen molar-refractivity contribution in [2.75, 3.05) is 0 Å². The molecule has 20 rings (SSSR count). The Morgan fingerprint density at radius 1 is 0.200 bits per heavy atom. The number of benzene rings is 11. The summed E-state index contributed by atoms with van der Waals surface area (Å²) in [4.78, 5) is 41.6. The van der Waals surface area contributed by atoms with Crippen molar-refractivity contribution < 1.29 is 22.8 Å². The summed E-state index contributed by atoms with van der Waals surface area (Å²) in [6.45, 7) is 10.6. The monoisotopic (exact) mass is 1300 g/mol. The number of hydrogen-bond donors (Lipinski definition) is 0. The molecule has 9 aromatic heterocycles. The van der Waals surface area contributed by atoms with Gasteiger partial charge in [-0.15, -0.1) is 0 Å². The molecule has 0 amide bonds. The minimum Gasteiger partial charge on any atom is -0.255 e. The lowest BCUT2D eigenvalue weighted by atomic mass is 9.99. The molecule has 0 atom stereocenters. The zero-order valence-corrected chi connectivity index (χ0v) is 57.4. The van der Waals surface area contributed by atoms with Crippen molar-refractivity contribution in [3.05, 3.63) is 279 Å². The maximum Gasteiger partial charge on any atom is 0.286 e. The summed E-state index contributed by atoms with van der Waals surface area (Å²) >= 11 is 0. The van der Waals surface area contributed by atoms with Gasteiger partial charge in [-0.05, 0) is 158 Å². The fraction of sp³-hybridized carbons (Fsp3) is 0.116. The Morgan fingerprint density at radius 2 is 0.570 bits per heavy atom. The lowest BCUT2D eigenvalue weighted by Gasteiger charge is -2.06. The summed E-state index contributed by atoms with van der Waals surface area (Å²) in [5.74, 6) is 0. The van der Waals surface area contributed by atoms with Crippen LogP contribution in [0.2, 0.25) is 0 Å². The van der Waals surface area contributed by atoms with Gasteiger partial charge < -0.3 is 0 Å². The van der Waals surface area contributed by atoms with Gasteiger partial charge in [0.05, 0.1) is 89.5 Å². The molecule has 0 spiro atoms. The molecule has 0 radical (unpaired) electrons. The first-order valence-electron chi connectivity index (χ1n) is 33.5. The Hall–Kier alpha value is -12.7. The van der Waals surface area contributed by atoms with Crippen LogP contribution in [0.3, 0.4) is 0 Å². The maximum atomic E-state index is 4.80. The van der Waals surface area contributed by atoms with E-state index in [9.17, 15) is 0 Å². The number of nitrogens with zero attached hydrogens (tertiary/aromatic N) is 14. The number of hydrogen-bond acceptors (Lipinski definition) is 9. The Morgan fingerprint density at radius 3 is 1.19 bits per heavy atom. The van der Waals surface area contributed by atoms with Crippen LogP contribution in [0.25, 0.3) is 163 Å². The van der Waals surface area contributed by atoms with Gasteiger partial charge in [-0.2, -0.15) is 0 Å². The summed E-state index contributed by atoms with van der Waals surface area (Å²) in [7, 11) is 10.1. The SMILES string of the molecule is Cc1c2ccc3c4ccccc4ccc3c2nc[n+]1C.Cc1c2ccc3c4ccccc4cnc3c2nc[n+]1C.Cc1c2ccc3c4ccccc4ncc3c2nc[n+]1C.Cc1c2ccc3cc4ccccc4nc3c2nc[n+]1C.Cc1c2cnc3cc4ccccc4cc3c2nc[n+]1C. The summed E-state index contributed by atoms with van der Waals surface area (Å²) < 4.78 is 10.2. The first-order valence-corrected chi connectivity index (χ1v) is 33.5. The molecule has 0 bridgehead atoms. The third-order valence-corrected chi connectivity index (χ3v) is 20.1. The second-order valence-corrected chi connectivity index (χ2v) is 25.9. The van der Waals surface area contributed by atoms with E-state index in [-0.39, 0.29) is 0 Å². The lowest BCUT2D eigenvalue weighted by Crippen LogP contribution is -2.32. The Kier molecular flexibility index (Phi) is 15.8. The molecule has 100 heavy (non-hydrogen) atoms. The summed E-state index contributed by atoms with van der Waals surface area (Å²) in [6, 6.07) is 69.8. The first-order chi connectivity index (χ1) is 48.7. The fourth-order valence-electron chi connectivity index (χ4n) is 13.8. The standard InChI is InChI=1S/C18H15N2.4C17H14N3/c1-12-14-9-10-16-15-6-4-3-5-13(15)7-8-17(16)18(14)19-11-20(12)2;1-11-15-9-18-16-8-13-6-4-3-5-12(13)7-14(16)17(15)19-10-20(11)2;1-11-12-7-8-13-14-5-3-4-6-16(14)18-9-15(13)17(12)19-10-20(11)2;1-11-13-7-8-15-14-6-4-3-5-12(14)9-18-17(15)16(13)19-10-20(11)2;1-11-14-8-7-13-9-12-5-3-4-6-15(12)19-16(13)17(14)18-10-20(11)2/h3-11H,1-2H3;4*3-10H,1-2H3/q5*+1. The van der Waals surface area contributed by atoms with Crippen molar-refractivity contribution in [1.29, 1.82) is 0 Å². The van der Waals surface area contributed by atoms with Gasteiger partial charge in [0.15, 0.2) is 16.6 Å². The van der Waals surface area contributed by atoms with Gasteiger partial charge in [-0.3, -0.25) is 15.0 Å². The molecule has 0 aliphatic rings. The molecule has 480 valence electrons. The van der Waals surface area contributed by atoms with E-state index in [0.717, 1.165) is 104 Å². The fourth-order valence-corrected chi connectivity index (χ4v) is 13.8. The van der Waals surface area contributed by atoms with Crippen molar-refractivity contribution in [2.24, 2.45) is 35.2 Å². The molecule has 0 N–H and O–H groups in total. The number of pyridine rings is 4. The third kappa shape index (κ3) is 11.0. The molecule has 0 unspecified atom stereocenters. The Labute approximate surface area is 576 Å². The van der Waals surface area contributed by atoms with E-state index in [0.29, 0.717) is 0 Å². The highest BCUT2D eigenvalue weighted by molar-refractivity contribution is 6.18. The van der Waals surface area contributed by atoms with E-state index in [1.54, 1.807) is 0 Å². The zero-order valence-electron chi connectivity index (χ0n) is 57.4. The maximum absolute atomic E-state index is 4.80. The largest absolute Gasteiger partial charge is 0.286 e. The molecule has 9 heterocycles.